The monoisotopic (exact) mass is 313 g/mol. The van der Waals surface area contributed by atoms with Gasteiger partial charge in [0.05, 0.1) is 5.60 Å². The van der Waals surface area contributed by atoms with E-state index in [4.69, 9.17) is 0 Å². The van der Waals surface area contributed by atoms with Crippen LogP contribution in [0, 0.1) is 0 Å². The van der Waals surface area contributed by atoms with Crippen molar-refractivity contribution < 1.29 is 15.0 Å². The van der Waals surface area contributed by atoms with E-state index in [2.05, 4.69) is 11.5 Å². The standard InChI is InChI=1S/C19H23NO3/c1-2-8-20-9-7-18-12-15(22)5-6-19(18,23)17(20)10-13-3-4-14(21)11-16(13)18/h2-4,11,17,21,23H,1,5-10,12H2/t17-,18-,19-/m1/s1. The SMILES string of the molecule is C=CCN1CC[C@]23CC(=O)CC[C@@]2(O)[C@H]1Cc1ccc(O)cc13. The number of aromatic hydroxyl groups is 1. The summed E-state index contributed by atoms with van der Waals surface area (Å²) >= 11 is 0. The molecule has 1 saturated carbocycles. The van der Waals surface area contributed by atoms with Gasteiger partial charge in [0.1, 0.15) is 11.5 Å². The lowest BCUT2D eigenvalue weighted by Crippen LogP contribution is -2.73. The zero-order valence-corrected chi connectivity index (χ0v) is 13.3. The number of nitrogens with zero attached hydrogens (tertiary/aromatic N) is 1. The Morgan fingerprint density at radius 2 is 2.22 bits per heavy atom. The summed E-state index contributed by atoms with van der Waals surface area (Å²) in [5, 5.41) is 21.7. The largest absolute Gasteiger partial charge is 0.508 e. The second kappa shape index (κ2) is 4.92. The Kier molecular flexibility index (Phi) is 3.19. The van der Waals surface area contributed by atoms with Crippen molar-refractivity contribution in [3.05, 3.63) is 42.0 Å². The highest BCUT2D eigenvalue weighted by atomic mass is 16.3. The maximum Gasteiger partial charge on any atom is 0.134 e. The third-order valence-corrected chi connectivity index (χ3v) is 6.32. The number of fused-ring (bicyclic) bond motifs is 1. The number of phenols is 1. The lowest BCUT2D eigenvalue weighted by Gasteiger charge is -2.63. The quantitative estimate of drug-likeness (QED) is 0.819. The molecule has 0 radical (unpaired) electrons. The number of carbonyl (C=O) groups is 1. The zero-order chi connectivity index (χ0) is 16.2. The smallest absolute Gasteiger partial charge is 0.134 e. The van der Waals surface area contributed by atoms with Crippen molar-refractivity contribution in [2.75, 3.05) is 13.1 Å². The molecule has 23 heavy (non-hydrogen) atoms. The van der Waals surface area contributed by atoms with E-state index in [0.29, 0.717) is 19.3 Å². The maximum absolute atomic E-state index is 12.3. The highest BCUT2D eigenvalue weighted by Crippen LogP contribution is 2.57. The van der Waals surface area contributed by atoms with Gasteiger partial charge in [-0.15, -0.1) is 6.58 Å². The van der Waals surface area contributed by atoms with Crippen molar-refractivity contribution in [3.63, 3.8) is 0 Å². The number of hydrogen-bond acceptors (Lipinski definition) is 4. The minimum absolute atomic E-state index is 0.0133. The highest BCUT2D eigenvalue weighted by molar-refractivity contribution is 5.82. The van der Waals surface area contributed by atoms with Gasteiger partial charge in [-0.3, -0.25) is 9.69 Å². The molecular formula is C19H23NO3. The van der Waals surface area contributed by atoms with Crippen LogP contribution in [0.2, 0.25) is 0 Å². The Hall–Kier alpha value is -1.65. The van der Waals surface area contributed by atoms with Gasteiger partial charge in [0.25, 0.3) is 0 Å². The van der Waals surface area contributed by atoms with Crippen LogP contribution in [0.3, 0.4) is 0 Å². The molecule has 2 N–H and O–H groups in total. The van der Waals surface area contributed by atoms with Crippen LogP contribution < -0.4 is 0 Å². The summed E-state index contributed by atoms with van der Waals surface area (Å²) in [6.45, 7) is 5.45. The number of Topliss-reactive ketones (excluding diaryl/α,β-unsaturated/α-hetero) is 1. The van der Waals surface area contributed by atoms with Crippen LogP contribution in [0.25, 0.3) is 0 Å². The molecule has 122 valence electrons. The number of phenolic OH excluding ortho intramolecular Hbond substituents is 1. The third kappa shape index (κ3) is 1.88. The minimum Gasteiger partial charge on any atom is -0.508 e. The average molecular weight is 313 g/mol. The predicted molar refractivity (Wildman–Crippen MR) is 87.5 cm³/mol. The number of hydrogen-bond donors (Lipinski definition) is 2. The summed E-state index contributed by atoms with van der Waals surface area (Å²) in [5.41, 5.74) is 0.698. The molecule has 1 aromatic carbocycles. The molecule has 4 nitrogen and oxygen atoms in total. The van der Waals surface area contributed by atoms with Gasteiger partial charge in [-0.2, -0.15) is 0 Å². The minimum atomic E-state index is -0.900. The van der Waals surface area contributed by atoms with Crippen LogP contribution in [-0.4, -0.2) is 45.6 Å². The van der Waals surface area contributed by atoms with Crippen LogP contribution >= 0.6 is 0 Å². The number of aliphatic hydroxyl groups is 1. The molecule has 2 fully saturated rings. The Bertz CT molecular complexity index is 685. The van der Waals surface area contributed by atoms with Crippen LogP contribution in [0.4, 0.5) is 0 Å². The molecule has 1 aromatic rings. The van der Waals surface area contributed by atoms with Crippen molar-refractivity contribution in [2.45, 2.75) is 49.2 Å². The second-order valence-electron chi connectivity index (χ2n) is 7.32. The summed E-state index contributed by atoms with van der Waals surface area (Å²) in [6, 6.07) is 5.45. The topological polar surface area (TPSA) is 60.8 Å². The van der Waals surface area contributed by atoms with Gasteiger partial charge in [0, 0.05) is 30.8 Å². The van der Waals surface area contributed by atoms with E-state index in [1.54, 1.807) is 12.1 Å². The first-order chi connectivity index (χ1) is 11.0. The molecular weight excluding hydrogens is 290 g/mol. The van der Waals surface area contributed by atoms with Crippen molar-refractivity contribution in [3.8, 4) is 5.75 Å². The van der Waals surface area contributed by atoms with Crippen LogP contribution in [0.1, 0.15) is 36.8 Å². The summed E-state index contributed by atoms with van der Waals surface area (Å²) < 4.78 is 0. The van der Waals surface area contributed by atoms with Gasteiger partial charge in [0.2, 0.25) is 0 Å². The lowest BCUT2D eigenvalue weighted by atomic mass is 9.49. The van der Waals surface area contributed by atoms with Crippen molar-refractivity contribution in [2.24, 2.45) is 0 Å². The van der Waals surface area contributed by atoms with E-state index in [0.717, 1.165) is 37.1 Å². The molecule has 4 rings (SSSR count). The zero-order valence-electron chi connectivity index (χ0n) is 13.3. The molecule has 1 heterocycles. The second-order valence-corrected chi connectivity index (χ2v) is 7.32. The summed E-state index contributed by atoms with van der Waals surface area (Å²) in [4.78, 5) is 14.6. The summed E-state index contributed by atoms with van der Waals surface area (Å²) in [7, 11) is 0. The number of carbonyl (C=O) groups excluding carboxylic acids is 1. The Balaban J connectivity index is 1.92. The average Bonchev–Trinajstić information content (AvgIpc) is 2.52. The van der Waals surface area contributed by atoms with Gasteiger partial charge < -0.3 is 10.2 Å². The fourth-order valence-corrected chi connectivity index (χ4v) is 5.27. The molecule has 2 bridgehead atoms. The Morgan fingerprint density at radius 3 is 3.00 bits per heavy atom. The van der Waals surface area contributed by atoms with Crippen LogP contribution in [0.15, 0.2) is 30.9 Å². The molecule has 0 aromatic heterocycles. The fourth-order valence-electron chi connectivity index (χ4n) is 5.27. The van der Waals surface area contributed by atoms with Crippen molar-refractivity contribution in [1.82, 2.24) is 4.90 Å². The number of ketones is 1. The van der Waals surface area contributed by atoms with E-state index >= 15 is 0 Å². The Labute approximate surface area is 136 Å². The molecule has 4 heteroatoms. The number of benzene rings is 1. The third-order valence-electron chi connectivity index (χ3n) is 6.32. The number of piperidine rings is 1. The normalized spacial score (nSPS) is 36.2. The van der Waals surface area contributed by atoms with E-state index in [1.165, 1.54) is 0 Å². The number of rotatable bonds is 2. The van der Waals surface area contributed by atoms with Crippen LogP contribution in [-0.2, 0) is 16.6 Å². The van der Waals surface area contributed by atoms with Crippen molar-refractivity contribution >= 4 is 5.78 Å². The highest BCUT2D eigenvalue weighted by Gasteiger charge is 2.64. The van der Waals surface area contributed by atoms with E-state index < -0.39 is 11.0 Å². The Morgan fingerprint density at radius 1 is 1.39 bits per heavy atom. The van der Waals surface area contributed by atoms with Gasteiger partial charge in [-0.05, 0) is 49.1 Å². The predicted octanol–water partition coefficient (Wildman–Crippen LogP) is 1.93. The summed E-state index contributed by atoms with van der Waals surface area (Å²) in [5.74, 6) is 0.437. The molecule has 1 aliphatic heterocycles. The van der Waals surface area contributed by atoms with E-state index in [-0.39, 0.29) is 17.6 Å². The van der Waals surface area contributed by atoms with Crippen molar-refractivity contribution in [1.29, 1.82) is 0 Å². The van der Waals surface area contributed by atoms with Crippen LogP contribution in [0.5, 0.6) is 5.75 Å². The fraction of sp³-hybridized carbons (Fsp3) is 0.526. The first-order valence-corrected chi connectivity index (χ1v) is 8.41. The van der Waals surface area contributed by atoms with Gasteiger partial charge in [-0.25, -0.2) is 0 Å². The van der Waals surface area contributed by atoms with Gasteiger partial charge in [-0.1, -0.05) is 12.1 Å². The molecule has 0 amide bonds. The van der Waals surface area contributed by atoms with Gasteiger partial charge in [0.15, 0.2) is 0 Å². The maximum atomic E-state index is 12.3. The van der Waals surface area contributed by atoms with E-state index in [1.807, 2.05) is 12.1 Å². The van der Waals surface area contributed by atoms with E-state index in [9.17, 15) is 15.0 Å². The number of likely N-dealkylation sites (tertiary alicyclic amines) is 1. The first kappa shape index (κ1) is 14.9. The molecule has 2 aliphatic carbocycles. The molecule has 1 saturated heterocycles. The molecule has 3 aliphatic rings. The lowest BCUT2D eigenvalue weighted by molar-refractivity contribution is -0.170. The van der Waals surface area contributed by atoms with Gasteiger partial charge >= 0.3 is 0 Å². The molecule has 0 unspecified atom stereocenters. The first-order valence-electron chi connectivity index (χ1n) is 8.41. The molecule has 0 spiro atoms. The molecule has 3 atom stereocenters. The summed E-state index contributed by atoms with van der Waals surface area (Å²) in [6.07, 6.45) is 4.74.